The average molecular weight is 253 g/mol. The van der Waals surface area contributed by atoms with Crippen molar-refractivity contribution in [2.75, 3.05) is 36.5 Å². The van der Waals surface area contributed by atoms with Gasteiger partial charge in [-0.3, -0.25) is 5.32 Å². The number of carbonyl (C=O) groups excluding carboxylic acids is 1. The second-order valence-corrected chi connectivity index (χ2v) is 3.56. The third kappa shape index (κ3) is 4.21. The number of amides is 1. The minimum atomic E-state index is -0.596. The zero-order valence-electron chi connectivity index (χ0n) is 10.7. The molecule has 0 aliphatic rings. The molecule has 0 fully saturated rings. The summed E-state index contributed by atoms with van der Waals surface area (Å²) in [4.78, 5) is 17.6. The van der Waals surface area contributed by atoms with Crippen molar-refractivity contribution in [3.8, 4) is 0 Å². The zero-order chi connectivity index (χ0) is 13.4. The first kappa shape index (κ1) is 14.2. The summed E-state index contributed by atoms with van der Waals surface area (Å²) >= 11 is 0. The highest BCUT2D eigenvalue weighted by Gasteiger charge is 2.05. The molecule has 1 aromatic heterocycles. The number of hydrogen-bond acceptors (Lipinski definition) is 5. The summed E-state index contributed by atoms with van der Waals surface area (Å²) in [7, 11) is 0. The van der Waals surface area contributed by atoms with E-state index in [4.69, 9.17) is 5.11 Å². The lowest BCUT2D eigenvalue weighted by Crippen LogP contribution is -2.23. The monoisotopic (exact) mass is 253 g/mol. The molecule has 1 heterocycles. The van der Waals surface area contributed by atoms with Gasteiger partial charge < -0.3 is 14.7 Å². The van der Waals surface area contributed by atoms with Gasteiger partial charge in [0.15, 0.2) is 0 Å². The Morgan fingerprint density at radius 3 is 2.67 bits per heavy atom. The lowest BCUT2D eigenvalue weighted by atomic mass is 10.3. The first-order chi connectivity index (χ1) is 8.71. The molecule has 0 aliphatic heterocycles. The molecule has 1 aromatic rings. The fourth-order valence-corrected chi connectivity index (χ4v) is 1.49. The highest BCUT2D eigenvalue weighted by Crippen LogP contribution is 2.13. The molecule has 1 rings (SSSR count). The van der Waals surface area contributed by atoms with Crippen LogP contribution in [0.15, 0.2) is 18.3 Å². The number of anilines is 2. The molecule has 0 bridgehead atoms. The summed E-state index contributed by atoms with van der Waals surface area (Å²) in [6.45, 7) is 5.68. The van der Waals surface area contributed by atoms with Crippen LogP contribution in [0.4, 0.5) is 16.3 Å². The summed E-state index contributed by atoms with van der Waals surface area (Å²) in [6.07, 6.45) is 0.981. The number of nitrogens with zero attached hydrogens (tertiary/aromatic N) is 2. The van der Waals surface area contributed by atoms with E-state index < -0.39 is 6.09 Å². The molecule has 0 spiro atoms. The number of aromatic nitrogens is 1. The smallest absolute Gasteiger partial charge is 0.411 e. The second kappa shape index (κ2) is 7.50. The van der Waals surface area contributed by atoms with Gasteiger partial charge in [0, 0.05) is 13.1 Å². The van der Waals surface area contributed by atoms with Gasteiger partial charge in [0.25, 0.3) is 0 Å². The average Bonchev–Trinajstić information content (AvgIpc) is 2.40. The van der Waals surface area contributed by atoms with Crippen LogP contribution in [0, 0.1) is 0 Å². The highest BCUT2D eigenvalue weighted by atomic mass is 16.6. The number of rotatable bonds is 6. The minimum absolute atomic E-state index is 0.0171. The van der Waals surface area contributed by atoms with Crippen molar-refractivity contribution < 1.29 is 14.6 Å². The SMILES string of the molecule is CCN(CC)c1ccc(NC(=O)OCCO)cn1. The molecule has 0 radical (unpaired) electrons. The Hall–Kier alpha value is -1.82. The summed E-state index contributed by atoms with van der Waals surface area (Å²) in [5.41, 5.74) is 0.564. The van der Waals surface area contributed by atoms with Crippen LogP contribution in [0.25, 0.3) is 0 Å². The van der Waals surface area contributed by atoms with Gasteiger partial charge >= 0.3 is 6.09 Å². The number of aliphatic hydroxyl groups is 1. The molecular weight excluding hydrogens is 234 g/mol. The molecule has 0 saturated carbocycles. The molecule has 0 saturated heterocycles. The van der Waals surface area contributed by atoms with Crippen molar-refractivity contribution in [2.24, 2.45) is 0 Å². The van der Waals surface area contributed by atoms with Crippen molar-refractivity contribution in [3.05, 3.63) is 18.3 Å². The van der Waals surface area contributed by atoms with Crippen LogP contribution < -0.4 is 10.2 Å². The molecule has 18 heavy (non-hydrogen) atoms. The molecule has 2 N–H and O–H groups in total. The number of carbonyl (C=O) groups is 1. The van der Waals surface area contributed by atoms with E-state index in [0.717, 1.165) is 18.9 Å². The Bertz CT molecular complexity index is 363. The number of hydrogen-bond donors (Lipinski definition) is 2. The van der Waals surface area contributed by atoms with Crippen LogP contribution in [-0.4, -0.2) is 42.5 Å². The van der Waals surface area contributed by atoms with E-state index in [2.05, 4.69) is 33.8 Å². The fraction of sp³-hybridized carbons (Fsp3) is 0.500. The maximum Gasteiger partial charge on any atom is 0.411 e. The van der Waals surface area contributed by atoms with Gasteiger partial charge in [0.2, 0.25) is 0 Å². The van der Waals surface area contributed by atoms with Gasteiger partial charge in [0.1, 0.15) is 12.4 Å². The molecule has 0 aromatic carbocycles. The molecule has 1 amide bonds. The van der Waals surface area contributed by atoms with Crippen LogP contribution >= 0.6 is 0 Å². The summed E-state index contributed by atoms with van der Waals surface area (Å²) in [5.74, 6) is 0.870. The summed E-state index contributed by atoms with van der Waals surface area (Å²) in [6, 6.07) is 3.61. The van der Waals surface area contributed by atoms with Gasteiger partial charge in [-0.25, -0.2) is 9.78 Å². The predicted octanol–water partition coefficient (Wildman–Crippen LogP) is 1.47. The van der Waals surface area contributed by atoms with Crippen LogP contribution in [0.2, 0.25) is 0 Å². The lowest BCUT2D eigenvalue weighted by molar-refractivity contribution is 0.131. The van der Waals surface area contributed by atoms with E-state index in [1.807, 2.05) is 6.07 Å². The maximum atomic E-state index is 11.2. The Morgan fingerprint density at radius 2 is 2.17 bits per heavy atom. The number of nitrogens with one attached hydrogen (secondary N) is 1. The van der Waals surface area contributed by atoms with Crippen LogP contribution in [0.5, 0.6) is 0 Å². The first-order valence-corrected chi connectivity index (χ1v) is 5.96. The fourth-order valence-electron chi connectivity index (χ4n) is 1.49. The van der Waals surface area contributed by atoms with Crippen LogP contribution in [0.3, 0.4) is 0 Å². The standard InChI is InChI=1S/C12H19N3O3/c1-3-15(4-2)11-6-5-10(9-13-11)14-12(17)18-8-7-16/h5-6,9,16H,3-4,7-8H2,1-2H3,(H,14,17). The molecule has 0 atom stereocenters. The summed E-state index contributed by atoms with van der Waals surface area (Å²) < 4.78 is 4.68. The molecule has 0 aliphatic carbocycles. The Labute approximate surface area is 107 Å². The van der Waals surface area contributed by atoms with E-state index >= 15 is 0 Å². The maximum absolute atomic E-state index is 11.2. The van der Waals surface area contributed by atoms with Crippen LogP contribution in [0.1, 0.15) is 13.8 Å². The molecule has 100 valence electrons. The number of ether oxygens (including phenoxy) is 1. The quantitative estimate of drug-likeness (QED) is 0.803. The normalized spacial score (nSPS) is 9.94. The lowest BCUT2D eigenvalue weighted by Gasteiger charge is -2.19. The number of aliphatic hydroxyl groups excluding tert-OH is 1. The van der Waals surface area contributed by atoms with Gasteiger partial charge in [0.05, 0.1) is 18.5 Å². The zero-order valence-corrected chi connectivity index (χ0v) is 10.7. The molecule has 6 nitrogen and oxygen atoms in total. The number of pyridine rings is 1. The van der Waals surface area contributed by atoms with Crippen molar-refractivity contribution in [1.82, 2.24) is 4.98 Å². The topological polar surface area (TPSA) is 74.7 Å². The summed E-state index contributed by atoms with van der Waals surface area (Å²) in [5, 5.41) is 11.0. The van der Waals surface area contributed by atoms with Crippen molar-refractivity contribution >= 4 is 17.6 Å². The van der Waals surface area contributed by atoms with E-state index in [9.17, 15) is 4.79 Å². The third-order valence-electron chi connectivity index (χ3n) is 2.41. The van der Waals surface area contributed by atoms with Crippen molar-refractivity contribution in [3.63, 3.8) is 0 Å². The second-order valence-electron chi connectivity index (χ2n) is 3.56. The van der Waals surface area contributed by atoms with E-state index in [1.165, 1.54) is 0 Å². The van der Waals surface area contributed by atoms with Gasteiger partial charge in [-0.2, -0.15) is 0 Å². The molecule has 6 heteroatoms. The van der Waals surface area contributed by atoms with E-state index in [-0.39, 0.29) is 13.2 Å². The third-order valence-corrected chi connectivity index (χ3v) is 2.41. The van der Waals surface area contributed by atoms with Crippen molar-refractivity contribution in [2.45, 2.75) is 13.8 Å². The molecular formula is C12H19N3O3. The van der Waals surface area contributed by atoms with E-state index in [1.54, 1.807) is 12.3 Å². The van der Waals surface area contributed by atoms with Gasteiger partial charge in [-0.1, -0.05) is 0 Å². The Kier molecular flexibility index (Phi) is 5.93. The van der Waals surface area contributed by atoms with Gasteiger partial charge in [-0.05, 0) is 26.0 Å². The van der Waals surface area contributed by atoms with Crippen LogP contribution in [-0.2, 0) is 4.74 Å². The Balaban J connectivity index is 2.57. The first-order valence-electron chi connectivity index (χ1n) is 5.96. The highest BCUT2D eigenvalue weighted by molar-refractivity contribution is 5.84. The predicted molar refractivity (Wildman–Crippen MR) is 69.9 cm³/mol. The minimum Gasteiger partial charge on any atom is -0.447 e. The van der Waals surface area contributed by atoms with Crippen molar-refractivity contribution in [1.29, 1.82) is 0 Å². The molecule has 0 unspecified atom stereocenters. The van der Waals surface area contributed by atoms with Gasteiger partial charge in [-0.15, -0.1) is 0 Å². The van der Waals surface area contributed by atoms with E-state index in [0.29, 0.717) is 5.69 Å². The Morgan fingerprint density at radius 1 is 1.44 bits per heavy atom. The largest absolute Gasteiger partial charge is 0.447 e.